The average Bonchev–Trinajstić information content (AvgIpc) is 3.27. The molecule has 0 saturated heterocycles. The van der Waals surface area contributed by atoms with Crippen LogP contribution in [0.1, 0.15) is 45.9 Å². The van der Waals surface area contributed by atoms with E-state index in [4.69, 9.17) is 4.42 Å². The zero-order valence-electron chi connectivity index (χ0n) is 16.3. The topological polar surface area (TPSA) is 72.1 Å². The molecule has 31 heavy (non-hydrogen) atoms. The number of nitrogens with one attached hydrogen (secondary N) is 2. The highest BCUT2D eigenvalue weighted by molar-refractivity contribution is 9.10. The fraction of sp³-hybridized carbons (Fsp3) is 0.300. The molecule has 1 aromatic carbocycles. The number of nitrogens with zero attached hydrogens (tertiary/aromatic N) is 2. The third kappa shape index (κ3) is 4.25. The normalized spacial score (nSPS) is 18.4. The zero-order chi connectivity index (χ0) is 22.5. The summed E-state index contributed by atoms with van der Waals surface area (Å²) in [4.78, 5) is 12.8. The molecule has 1 aliphatic rings. The fourth-order valence-electron chi connectivity index (χ4n) is 3.45. The molecule has 4 rings (SSSR count). The van der Waals surface area contributed by atoms with Gasteiger partial charge < -0.3 is 15.1 Å². The van der Waals surface area contributed by atoms with Crippen molar-refractivity contribution in [2.45, 2.75) is 38.5 Å². The molecular formula is C20H17Br2F3N4O2. The van der Waals surface area contributed by atoms with Gasteiger partial charge in [-0.25, -0.2) is 4.68 Å². The highest BCUT2D eigenvalue weighted by Crippen LogP contribution is 2.46. The van der Waals surface area contributed by atoms with E-state index >= 15 is 0 Å². The van der Waals surface area contributed by atoms with Crippen LogP contribution in [0.2, 0.25) is 0 Å². The summed E-state index contributed by atoms with van der Waals surface area (Å²) in [6.45, 7) is 3.85. The number of amides is 1. The third-order valence-corrected chi connectivity index (χ3v) is 6.39. The van der Waals surface area contributed by atoms with E-state index in [1.165, 1.54) is 0 Å². The number of rotatable bonds is 3. The molecular weight excluding hydrogens is 545 g/mol. The minimum absolute atomic E-state index is 0.0661. The first kappa shape index (κ1) is 21.9. The molecule has 11 heteroatoms. The number of halogens is 5. The summed E-state index contributed by atoms with van der Waals surface area (Å²) in [5, 5.41) is 9.71. The van der Waals surface area contributed by atoms with Gasteiger partial charge >= 0.3 is 6.18 Å². The van der Waals surface area contributed by atoms with Crippen molar-refractivity contribution in [3.63, 3.8) is 0 Å². The fourth-order valence-corrected chi connectivity index (χ4v) is 4.32. The minimum Gasteiger partial charge on any atom is -0.452 e. The van der Waals surface area contributed by atoms with Crippen LogP contribution in [-0.4, -0.2) is 21.9 Å². The number of aromatic nitrogens is 2. The molecule has 1 amide bonds. The zero-order valence-corrected chi connectivity index (χ0v) is 19.5. The van der Waals surface area contributed by atoms with Gasteiger partial charge in [0.15, 0.2) is 16.4 Å². The van der Waals surface area contributed by atoms with Crippen molar-refractivity contribution >= 4 is 49.3 Å². The molecule has 0 spiro atoms. The Kier molecular flexibility index (Phi) is 5.67. The molecule has 3 aromatic rings. The van der Waals surface area contributed by atoms with Gasteiger partial charge in [-0.3, -0.25) is 4.79 Å². The first-order valence-corrected chi connectivity index (χ1v) is 10.9. The highest BCUT2D eigenvalue weighted by Gasteiger charge is 2.48. The number of benzene rings is 1. The monoisotopic (exact) mass is 560 g/mol. The number of hydrogen-bond acceptors (Lipinski definition) is 4. The van der Waals surface area contributed by atoms with Crippen molar-refractivity contribution in [3.05, 3.63) is 62.1 Å². The maximum atomic E-state index is 13.8. The van der Waals surface area contributed by atoms with Crippen LogP contribution in [-0.2, 0) is 0 Å². The van der Waals surface area contributed by atoms with Gasteiger partial charge in [0.05, 0.1) is 10.5 Å². The van der Waals surface area contributed by atoms with Gasteiger partial charge in [0.2, 0.25) is 0 Å². The summed E-state index contributed by atoms with van der Waals surface area (Å²) in [5.41, 5.74) is 2.43. The number of furan rings is 1. The van der Waals surface area contributed by atoms with Gasteiger partial charge in [-0.2, -0.15) is 18.3 Å². The highest BCUT2D eigenvalue weighted by atomic mass is 79.9. The van der Waals surface area contributed by atoms with Gasteiger partial charge in [-0.05, 0) is 81.1 Å². The Balaban J connectivity index is 1.69. The smallest absolute Gasteiger partial charge is 0.410 e. The Hall–Kier alpha value is -2.27. The summed E-state index contributed by atoms with van der Waals surface area (Å²) in [6, 6.07) is 5.92. The van der Waals surface area contributed by atoms with Crippen LogP contribution in [0.3, 0.4) is 0 Å². The molecule has 0 bridgehead atoms. The lowest BCUT2D eigenvalue weighted by molar-refractivity contribution is -0.174. The van der Waals surface area contributed by atoms with Crippen LogP contribution in [0.25, 0.3) is 0 Å². The second-order valence-electron chi connectivity index (χ2n) is 7.34. The SMILES string of the molecule is Cc1ccc(NC(=O)c2nn3c(c2Br)N[C@H](c2ccc(Br)o2)C[C@H]3C(F)(F)F)cc1C. The van der Waals surface area contributed by atoms with E-state index in [0.29, 0.717) is 16.1 Å². The number of hydrogen-bond donors (Lipinski definition) is 2. The molecule has 0 fully saturated rings. The van der Waals surface area contributed by atoms with Crippen LogP contribution >= 0.6 is 31.9 Å². The van der Waals surface area contributed by atoms with Crippen molar-refractivity contribution in [1.29, 1.82) is 0 Å². The van der Waals surface area contributed by atoms with Gasteiger partial charge in [-0.15, -0.1) is 0 Å². The first-order chi connectivity index (χ1) is 14.5. The van der Waals surface area contributed by atoms with E-state index in [1.807, 2.05) is 19.9 Å². The Morgan fingerprint density at radius 3 is 2.58 bits per heavy atom. The maximum absolute atomic E-state index is 13.8. The Morgan fingerprint density at radius 2 is 1.97 bits per heavy atom. The van der Waals surface area contributed by atoms with Crippen molar-refractivity contribution < 1.29 is 22.4 Å². The molecule has 2 atom stereocenters. The molecule has 6 nitrogen and oxygen atoms in total. The van der Waals surface area contributed by atoms with Gasteiger partial charge in [-0.1, -0.05) is 6.07 Å². The standard InChI is InChI=1S/C20H17Br2F3N4O2/c1-9-3-4-11(7-10(9)2)26-19(30)17-16(22)18-27-12(13-5-6-15(21)31-13)8-14(20(23,24)25)29(18)28-17/h3-7,12,14,27H,8H2,1-2H3,(H,26,30)/t12-,14-/m0/s1. The largest absolute Gasteiger partial charge is 0.452 e. The summed E-state index contributed by atoms with van der Waals surface area (Å²) in [6.07, 6.45) is -4.89. The van der Waals surface area contributed by atoms with Gasteiger partial charge in [0, 0.05) is 12.1 Å². The number of carbonyl (C=O) groups is 1. The van der Waals surface area contributed by atoms with Crippen molar-refractivity contribution in [2.75, 3.05) is 10.6 Å². The molecule has 164 valence electrons. The molecule has 3 heterocycles. The summed E-state index contributed by atoms with van der Waals surface area (Å²) in [5.74, 6) is -0.199. The molecule has 0 radical (unpaired) electrons. The number of fused-ring (bicyclic) bond motifs is 1. The van der Waals surface area contributed by atoms with E-state index in [-0.39, 0.29) is 22.4 Å². The molecule has 2 N–H and O–H groups in total. The molecule has 0 saturated carbocycles. The quantitative estimate of drug-likeness (QED) is 0.381. The molecule has 0 aliphatic carbocycles. The molecule has 1 aliphatic heterocycles. The maximum Gasteiger partial charge on any atom is 0.410 e. The minimum atomic E-state index is -4.56. The predicted octanol–water partition coefficient (Wildman–Crippen LogP) is 6.53. The lowest BCUT2D eigenvalue weighted by atomic mass is 10.0. The predicted molar refractivity (Wildman–Crippen MR) is 116 cm³/mol. The lowest BCUT2D eigenvalue weighted by Crippen LogP contribution is -2.35. The van der Waals surface area contributed by atoms with E-state index in [0.717, 1.165) is 15.8 Å². The van der Waals surface area contributed by atoms with E-state index in [2.05, 4.69) is 47.6 Å². The number of carbonyl (C=O) groups excluding carboxylic acids is 1. The number of alkyl halides is 3. The van der Waals surface area contributed by atoms with Crippen LogP contribution in [0.5, 0.6) is 0 Å². The second-order valence-corrected chi connectivity index (χ2v) is 8.92. The molecule has 2 aromatic heterocycles. The van der Waals surface area contributed by atoms with E-state index in [9.17, 15) is 18.0 Å². The second kappa shape index (κ2) is 8.01. The van der Waals surface area contributed by atoms with Crippen molar-refractivity contribution in [2.24, 2.45) is 0 Å². The summed E-state index contributed by atoms with van der Waals surface area (Å²) >= 11 is 6.43. The van der Waals surface area contributed by atoms with Gasteiger partial charge in [0.25, 0.3) is 5.91 Å². The van der Waals surface area contributed by atoms with E-state index in [1.54, 1.807) is 24.3 Å². The number of aryl methyl sites for hydroxylation is 2. The Labute approximate surface area is 192 Å². The number of anilines is 2. The van der Waals surface area contributed by atoms with Crippen molar-refractivity contribution in [1.82, 2.24) is 9.78 Å². The Morgan fingerprint density at radius 1 is 1.23 bits per heavy atom. The summed E-state index contributed by atoms with van der Waals surface area (Å²) < 4.78 is 48.4. The summed E-state index contributed by atoms with van der Waals surface area (Å²) in [7, 11) is 0. The Bertz CT molecular complexity index is 1160. The van der Waals surface area contributed by atoms with Crippen LogP contribution in [0.4, 0.5) is 24.7 Å². The van der Waals surface area contributed by atoms with Crippen LogP contribution < -0.4 is 10.6 Å². The van der Waals surface area contributed by atoms with Gasteiger partial charge in [0.1, 0.15) is 11.6 Å². The third-order valence-electron chi connectivity index (χ3n) is 5.21. The van der Waals surface area contributed by atoms with Crippen molar-refractivity contribution in [3.8, 4) is 0 Å². The van der Waals surface area contributed by atoms with E-state index < -0.39 is 24.2 Å². The average molecular weight is 562 g/mol. The van der Waals surface area contributed by atoms with Crippen LogP contribution in [0.15, 0.2) is 43.9 Å². The lowest BCUT2D eigenvalue weighted by Gasteiger charge is -2.32. The molecule has 0 unspecified atom stereocenters. The van der Waals surface area contributed by atoms with Crippen LogP contribution in [0, 0.1) is 13.8 Å². The first-order valence-electron chi connectivity index (χ1n) is 9.29.